The Bertz CT molecular complexity index is 920. The van der Waals surface area contributed by atoms with E-state index in [0.29, 0.717) is 18.0 Å². The Morgan fingerprint density at radius 1 is 0.906 bits per heavy atom. The Morgan fingerprint density at radius 3 is 2.25 bits per heavy atom. The fourth-order valence-corrected chi connectivity index (χ4v) is 2.81. The first kappa shape index (κ1) is 24.7. The molecule has 3 N–H and O–H groups in total. The Labute approximate surface area is 188 Å². The number of amides is 3. The topological polar surface area (TPSA) is 106 Å². The van der Waals surface area contributed by atoms with Gasteiger partial charge in [0.15, 0.2) is 0 Å². The van der Waals surface area contributed by atoms with Gasteiger partial charge in [-0.1, -0.05) is 30.3 Å². The molecule has 8 heteroatoms. The van der Waals surface area contributed by atoms with Gasteiger partial charge in [-0.25, -0.2) is 4.79 Å². The summed E-state index contributed by atoms with van der Waals surface area (Å²) in [5.41, 5.74) is 1.79. The summed E-state index contributed by atoms with van der Waals surface area (Å²) in [5.74, 6) is 0.346. The molecule has 0 aliphatic carbocycles. The summed E-state index contributed by atoms with van der Waals surface area (Å²) in [7, 11) is 1.58. The first-order chi connectivity index (χ1) is 15.2. The van der Waals surface area contributed by atoms with Crippen molar-refractivity contribution >= 4 is 23.6 Å². The van der Waals surface area contributed by atoms with Crippen LogP contribution in [0, 0.1) is 0 Å². The van der Waals surface area contributed by atoms with E-state index in [0.717, 1.165) is 11.1 Å². The number of carbonyl (C=O) groups excluding carboxylic acids is 3. The van der Waals surface area contributed by atoms with Crippen molar-refractivity contribution in [3.8, 4) is 5.75 Å². The lowest BCUT2D eigenvalue weighted by molar-refractivity contribution is -0.121. The molecule has 0 spiro atoms. The van der Waals surface area contributed by atoms with Gasteiger partial charge in [0, 0.05) is 30.8 Å². The predicted octanol–water partition coefficient (Wildman–Crippen LogP) is 3.41. The van der Waals surface area contributed by atoms with E-state index in [9.17, 15) is 14.4 Å². The molecule has 0 aliphatic heterocycles. The fraction of sp³-hybridized carbons (Fsp3) is 0.375. The van der Waals surface area contributed by atoms with Gasteiger partial charge in [0.25, 0.3) is 0 Å². The normalized spacial score (nSPS) is 10.8. The number of methoxy groups -OCH3 is 1. The monoisotopic (exact) mass is 441 g/mol. The number of alkyl carbamates (subject to hydrolysis) is 1. The second-order valence-corrected chi connectivity index (χ2v) is 8.19. The molecule has 0 aliphatic rings. The highest BCUT2D eigenvalue weighted by Crippen LogP contribution is 2.18. The van der Waals surface area contributed by atoms with Gasteiger partial charge in [-0.05, 0) is 44.5 Å². The average Bonchev–Trinajstić information content (AvgIpc) is 2.72. The summed E-state index contributed by atoms with van der Waals surface area (Å²) < 4.78 is 10.4. The molecule has 2 aromatic rings. The van der Waals surface area contributed by atoms with Crippen LogP contribution in [0.3, 0.4) is 0 Å². The van der Waals surface area contributed by atoms with Crippen LogP contribution in [0.5, 0.6) is 5.75 Å². The van der Waals surface area contributed by atoms with E-state index in [4.69, 9.17) is 9.47 Å². The van der Waals surface area contributed by atoms with Crippen LogP contribution in [-0.4, -0.2) is 37.2 Å². The zero-order valence-corrected chi connectivity index (χ0v) is 19.0. The van der Waals surface area contributed by atoms with Crippen LogP contribution in [0.15, 0.2) is 48.5 Å². The molecule has 0 aromatic heterocycles. The van der Waals surface area contributed by atoms with Gasteiger partial charge in [-0.2, -0.15) is 0 Å². The highest BCUT2D eigenvalue weighted by atomic mass is 16.6. The van der Waals surface area contributed by atoms with E-state index in [-0.39, 0.29) is 31.2 Å². The third-order valence-corrected chi connectivity index (χ3v) is 4.29. The second kappa shape index (κ2) is 11.7. The Kier molecular flexibility index (Phi) is 9.07. The maximum absolute atomic E-state index is 12.3. The summed E-state index contributed by atoms with van der Waals surface area (Å²) in [4.78, 5) is 35.8. The van der Waals surface area contributed by atoms with E-state index in [1.165, 1.54) is 0 Å². The summed E-state index contributed by atoms with van der Waals surface area (Å²) >= 11 is 0. The molecule has 0 unspecified atom stereocenters. The predicted molar refractivity (Wildman–Crippen MR) is 122 cm³/mol. The van der Waals surface area contributed by atoms with E-state index in [2.05, 4.69) is 16.0 Å². The number of nitrogens with one attached hydrogen (secondary N) is 3. The number of hydrogen-bond donors (Lipinski definition) is 3. The molecule has 32 heavy (non-hydrogen) atoms. The number of benzene rings is 2. The Hall–Kier alpha value is -3.55. The molecule has 172 valence electrons. The molecule has 0 radical (unpaired) electrons. The molecule has 3 amide bonds. The highest BCUT2D eigenvalue weighted by molar-refractivity contribution is 5.92. The van der Waals surface area contributed by atoms with Crippen molar-refractivity contribution in [1.29, 1.82) is 0 Å². The van der Waals surface area contributed by atoms with Gasteiger partial charge >= 0.3 is 6.09 Å². The van der Waals surface area contributed by atoms with Gasteiger partial charge in [0.1, 0.15) is 11.4 Å². The number of para-hydroxylation sites is 1. The summed E-state index contributed by atoms with van der Waals surface area (Å²) in [6, 6.07) is 14.6. The number of rotatable bonds is 9. The summed E-state index contributed by atoms with van der Waals surface area (Å²) in [6.07, 6.45) is -0.191. The van der Waals surface area contributed by atoms with Crippen LogP contribution in [0.25, 0.3) is 0 Å². The third kappa shape index (κ3) is 9.07. The van der Waals surface area contributed by atoms with Crippen LogP contribution in [0.2, 0.25) is 0 Å². The number of anilines is 1. The molecule has 2 rings (SSSR count). The van der Waals surface area contributed by atoms with Crippen LogP contribution < -0.4 is 20.7 Å². The smallest absolute Gasteiger partial charge is 0.407 e. The molecule has 8 nitrogen and oxygen atoms in total. The lowest BCUT2D eigenvalue weighted by Crippen LogP contribution is -2.35. The molecular formula is C24H31N3O5. The van der Waals surface area contributed by atoms with Crippen molar-refractivity contribution in [2.75, 3.05) is 19.0 Å². The lowest BCUT2D eigenvalue weighted by Gasteiger charge is -2.19. The van der Waals surface area contributed by atoms with E-state index in [1.807, 2.05) is 36.4 Å². The first-order valence-electron chi connectivity index (χ1n) is 10.4. The van der Waals surface area contributed by atoms with Crippen molar-refractivity contribution in [3.05, 3.63) is 59.7 Å². The third-order valence-electron chi connectivity index (χ3n) is 4.29. The van der Waals surface area contributed by atoms with E-state index >= 15 is 0 Å². The van der Waals surface area contributed by atoms with Crippen molar-refractivity contribution in [3.63, 3.8) is 0 Å². The quantitative estimate of drug-likeness (QED) is 0.553. The molecule has 0 bridgehead atoms. The molecule has 0 fully saturated rings. The minimum atomic E-state index is -0.577. The van der Waals surface area contributed by atoms with Gasteiger partial charge in [0.05, 0.1) is 13.5 Å². The van der Waals surface area contributed by atoms with Crippen LogP contribution in [0.4, 0.5) is 10.5 Å². The summed E-state index contributed by atoms with van der Waals surface area (Å²) in [6.45, 7) is 5.86. The van der Waals surface area contributed by atoms with Crippen LogP contribution >= 0.6 is 0 Å². The minimum Gasteiger partial charge on any atom is -0.496 e. The largest absolute Gasteiger partial charge is 0.496 e. The van der Waals surface area contributed by atoms with E-state index in [1.54, 1.807) is 40.0 Å². The highest BCUT2D eigenvalue weighted by Gasteiger charge is 2.15. The average molecular weight is 442 g/mol. The van der Waals surface area contributed by atoms with Gasteiger partial charge in [0.2, 0.25) is 11.8 Å². The molecule has 0 saturated heterocycles. The molecule has 0 atom stereocenters. The molecule has 2 aromatic carbocycles. The van der Waals surface area contributed by atoms with Crippen LogP contribution in [0.1, 0.15) is 38.3 Å². The molecule has 0 heterocycles. The van der Waals surface area contributed by atoms with E-state index < -0.39 is 11.7 Å². The fourth-order valence-electron chi connectivity index (χ4n) is 2.81. The van der Waals surface area contributed by atoms with Crippen molar-refractivity contribution in [2.45, 2.75) is 45.8 Å². The Balaban J connectivity index is 1.72. The maximum Gasteiger partial charge on any atom is 0.407 e. The zero-order chi connectivity index (χ0) is 23.6. The van der Waals surface area contributed by atoms with Crippen molar-refractivity contribution in [1.82, 2.24) is 10.6 Å². The second-order valence-electron chi connectivity index (χ2n) is 8.19. The maximum atomic E-state index is 12.3. The number of hydrogen-bond acceptors (Lipinski definition) is 5. The standard InChI is InChI=1S/C24H31N3O5/c1-24(2,3)32-23(30)25-14-13-21(28)26-16-17-9-11-19(12-10-17)27-22(29)15-18-7-5-6-8-20(18)31-4/h5-12H,13-16H2,1-4H3,(H,25,30)(H,26,28)(H,27,29). The lowest BCUT2D eigenvalue weighted by atomic mass is 10.1. The van der Waals surface area contributed by atoms with Crippen molar-refractivity contribution < 1.29 is 23.9 Å². The zero-order valence-electron chi connectivity index (χ0n) is 19.0. The summed E-state index contributed by atoms with van der Waals surface area (Å²) in [5, 5.41) is 8.20. The number of carbonyl (C=O) groups is 3. The van der Waals surface area contributed by atoms with Gasteiger partial charge in [-0.3, -0.25) is 9.59 Å². The Morgan fingerprint density at radius 2 is 1.59 bits per heavy atom. The first-order valence-corrected chi connectivity index (χ1v) is 10.4. The molecule has 0 saturated carbocycles. The number of ether oxygens (including phenoxy) is 2. The van der Waals surface area contributed by atoms with Crippen molar-refractivity contribution in [2.24, 2.45) is 0 Å². The van der Waals surface area contributed by atoms with Gasteiger partial charge in [-0.15, -0.1) is 0 Å². The van der Waals surface area contributed by atoms with Crippen LogP contribution in [-0.2, 0) is 27.3 Å². The van der Waals surface area contributed by atoms with Gasteiger partial charge < -0.3 is 25.4 Å². The minimum absolute atomic E-state index is 0.145. The molecular weight excluding hydrogens is 410 g/mol. The SMILES string of the molecule is COc1ccccc1CC(=O)Nc1ccc(CNC(=O)CCNC(=O)OC(C)(C)C)cc1.